The maximum absolute atomic E-state index is 13.2. The minimum Gasteiger partial charge on any atom is -0.387 e. The summed E-state index contributed by atoms with van der Waals surface area (Å²) in [5.74, 6) is -4.08. The molecule has 1 aliphatic heterocycles. The van der Waals surface area contributed by atoms with Crippen LogP contribution in [0.5, 0.6) is 0 Å². The number of allylic oxidation sites excluding steroid dienone is 3. The van der Waals surface area contributed by atoms with Gasteiger partial charge in [-0.25, -0.2) is 18.2 Å². The number of nitrogens with zero attached hydrogens (tertiary/aromatic N) is 2. The summed E-state index contributed by atoms with van der Waals surface area (Å²) >= 11 is 0. The Kier molecular flexibility index (Phi) is 5.21. The molecule has 0 bridgehead atoms. The summed E-state index contributed by atoms with van der Waals surface area (Å²) < 4.78 is 41.0. The molecule has 26 heavy (non-hydrogen) atoms. The Labute approximate surface area is 147 Å². The van der Waals surface area contributed by atoms with Crippen molar-refractivity contribution in [3.05, 3.63) is 83.7 Å². The maximum Gasteiger partial charge on any atom is 0.249 e. The Bertz CT molecular complexity index is 892. The molecule has 2 heterocycles. The second-order valence-corrected chi connectivity index (χ2v) is 5.58. The van der Waals surface area contributed by atoms with E-state index >= 15 is 0 Å². The minimum atomic E-state index is -1.50. The van der Waals surface area contributed by atoms with E-state index in [9.17, 15) is 18.0 Å². The van der Waals surface area contributed by atoms with Crippen LogP contribution in [0, 0.1) is 17.5 Å². The van der Waals surface area contributed by atoms with Crippen molar-refractivity contribution in [1.29, 1.82) is 0 Å². The molecule has 2 aromatic rings. The van der Waals surface area contributed by atoms with Crippen LogP contribution in [0.4, 0.5) is 19.0 Å². The monoisotopic (exact) mass is 360 g/mol. The van der Waals surface area contributed by atoms with Gasteiger partial charge >= 0.3 is 0 Å². The van der Waals surface area contributed by atoms with E-state index in [1.807, 2.05) is 12.2 Å². The summed E-state index contributed by atoms with van der Waals surface area (Å²) in [4.78, 5) is 15.9. The Morgan fingerprint density at radius 1 is 1.31 bits per heavy atom. The zero-order valence-corrected chi connectivity index (χ0v) is 13.5. The number of imidazole rings is 1. The average Bonchev–Trinajstić information content (AvgIpc) is 3.05. The Morgan fingerprint density at radius 2 is 2.08 bits per heavy atom. The number of rotatable bonds is 5. The first kappa shape index (κ1) is 17.5. The number of aromatic nitrogens is 2. The number of halogens is 3. The fourth-order valence-electron chi connectivity index (χ4n) is 2.35. The third-order valence-electron chi connectivity index (χ3n) is 3.54. The van der Waals surface area contributed by atoms with Crippen molar-refractivity contribution in [3.8, 4) is 0 Å². The van der Waals surface area contributed by atoms with E-state index in [0.29, 0.717) is 0 Å². The number of carbonyl (C=O) groups is 1. The third kappa shape index (κ3) is 4.41. The van der Waals surface area contributed by atoms with Gasteiger partial charge in [-0.3, -0.25) is 4.79 Å². The predicted octanol–water partition coefficient (Wildman–Crippen LogP) is 2.89. The molecule has 0 atom stereocenters. The van der Waals surface area contributed by atoms with Gasteiger partial charge in [0.15, 0.2) is 23.3 Å². The summed E-state index contributed by atoms with van der Waals surface area (Å²) in [7, 11) is 0. The molecule has 0 spiro atoms. The highest BCUT2D eigenvalue weighted by atomic mass is 19.2. The van der Waals surface area contributed by atoms with Crippen LogP contribution in [-0.2, 0) is 11.3 Å². The standard InChI is InChI=1S/C18H15F3N4O/c19-14-6-13(7-15(20)18(14)21)9-25-10-16(23-11-25)24-17(26)4-3-12-2-1-5-22-8-12/h1-4,6-8,10-11,22H,5,9H2,(H,24,26)/b4-3+. The highest BCUT2D eigenvalue weighted by molar-refractivity contribution is 5.98. The van der Waals surface area contributed by atoms with Gasteiger partial charge in [-0.1, -0.05) is 12.2 Å². The van der Waals surface area contributed by atoms with Crippen LogP contribution >= 0.6 is 0 Å². The van der Waals surface area contributed by atoms with Gasteiger partial charge in [-0.15, -0.1) is 0 Å². The molecule has 2 N–H and O–H groups in total. The second-order valence-electron chi connectivity index (χ2n) is 5.58. The molecular weight excluding hydrogens is 345 g/mol. The fourth-order valence-corrected chi connectivity index (χ4v) is 2.35. The molecule has 3 rings (SSSR count). The Hall–Kier alpha value is -3.29. The lowest BCUT2D eigenvalue weighted by Crippen LogP contribution is -2.10. The first-order chi connectivity index (χ1) is 12.5. The summed E-state index contributed by atoms with van der Waals surface area (Å²) in [6, 6.07) is 1.83. The van der Waals surface area contributed by atoms with Crippen molar-refractivity contribution >= 4 is 11.7 Å². The van der Waals surface area contributed by atoms with E-state index in [2.05, 4.69) is 15.6 Å². The average molecular weight is 360 g/mol. The normalized spacial score (nSPS) is 13.6. The van der Waals surface area contributed by atoms with Gasteiger partial charge in [-0.05, 0) is 29.3 Å². The molecule has 5 nitrogen and oxygen atoms in total. The van der Waals surface area contributed by atoms with E-state index in [1.165, 1.54) is 23.2 Å². The number of dihydropyridines is 1. The van der Waals surface area contributed by atoms with Crippen LogP contribution in [0.2, 0.25) is 0 Å². The first-order valence-corrected chi connectivity index (χ1v) is 7.75. The molecule has 0 unspecified atom stereocenters. The van der Waals surface area contributed by atoms with Gasteiger partial charge in [0.05, 0.1) is 6.33 Å². The zero-order valence-electron chi connectivity index (χ0n) is 13.5. The first-order valence-electron chi connectivity index (χ1n) is 7.75. The van der Waals surface area contributed by atoms with Crippen molar-refractivity contribution < 1.29 is 18.0 Å². The van der Waals surface area contributed by atoms with E-state index in [1.54, 1.807) is 12.3 Å². The molecule has 8 heteroatoms. The highest BCUT2D eigenvalue weighted by Crippen LogP contribution is 2.15. The molecule has 0 saturated carbocycles. The smallest absolute Gasteiger partial charge is 0.249 e. The van der Waals surface area contributed by atoms with Crippen molar-refractivity contribution in [3.63, 3.8) is 0 Å². The van der Waals surface area contributed by atoms with Crippen molar-refractivity contribution in [2.24, 2.45) is 0 Å². The molecule has 1 aromatic carbocycles. The van der Waals surface area contributed by atoms with Gasteiger partial charge in [-0.2, -0.15) is 0 Å². The Morgan fingerprint density at radius 3 is 2.77 bits per heavy atom. The van der Waals surface area contributed by atoms with Crippen LogP contribution in [0.15, 0.2) is 60.7 Å². The van der Waals surface area contributed by atoms with Crippen LogP contribution in [-0.4, -0.2) is 22.0 Å². The van der Waals surface area contributed by atoms with Crippen molar-refractivity contribution in [1.82, 2.24) is 14.9 Å². The van der Waals surface area contributed by atoms with E-state index in [4.69, 9.17) is 0 Å². The minimum absolute atomic E-state index is 0.0795. The summed E-state index contributed by atoms with van der Waals surface area (Å²) in [5.41, 5.74) is 1.09. The molecule has 0 radical (unpaired) electrons. The Balaban J connectivity index is 1.61. The molecule has 1 amide bonds. The zero-order chi connectivity index (χ0) is 18.5. The molecule has 1 aliphatic rings. The highest BCUT2D eigenvalue weighted by Gasteiger charge is 2.11. The number of hydrogen-bond acceptors (Lipinski definition) is 3. The van der Waals surface area contributed by atoms with E-state index < -0.39 is 17.5 Å². The SMILES string of the molecule is O=C(/C=C/C1=CNCC=C1)Nc1cn(Cc2cc(F)c(F)c(F)c2)cn1. The van der Waals surface area contributed by atoms with Crippen molar-refractivity contribution in [2.45, 2.75) is 6.54 Å². The van der Waals surface area contributed by atoms with Crippen LogP contribution in [0.1, 0.15) is 5.56 Å². The third-order valence-corrected chi connectivity index (χ3v) is 3.54. The number of benzene rings is 1. The van der Waals surface area contributed by atoms with Crippen LogP contribution < -0.4 is 10.6 Å². The number of nitrogens with one attached hydrogen (secondary N) is 2. The lowest BCUT2D eigenvalue weighted by atomic mass is 10.2. The van der Waals surface area contributed by atoms with E-state index in [-0.39, 0.29) is 23.8 Å². The molecule has 0 fully saturated rings. The number of hydrogen-bond donors (Lipinski definition) is 2. The number of anilines is 1. The fraction of sp³-hybridized carbons (Fsp3) is 0.111. The summed E-state index contributed by atoms with van der Waals surface area (Å²) in [5, 5.41) is 5.60. The molecular formula is C18H15F3N4O. The quantitative estimate of drug-likeness (QED) is 0.637. The largest absolute Gasteiger partial charge is 0.387 e. The summed E-state index contributed by atoms with van der Waals surface area (Å²) in [6.45, 7) is 0.832. The van der Waals surface area contributed by atoms with Crippen LogP contribution in [0.3, 0.4) is 0 Å². The van der Waals surface area contributed by atoms with Crippen LogP contribution in [0.25, 0.3) is 0 Å². The van der Waals surface area contributed by atoms with Gasteiger partial charge in [0, 0.05) is 31.6 Å². The topological polar surface area (TPSA) is 59.0 Å². The van der Waals surface area contributed by atoms with Gasteiger partial charge < -0.3 is 15.2 Å². The van der Waals surface area contributed by atoms with Gasteiger partial charge in [0.2, 0.25) is 5.91 Å². The lowest BCUT2D eigenvalue weighted by Gasteiger charge is -2.04. The molecule has 134 valence electrons. The molecule has 1 aromatic heterocycles. The number of amides is 1. The summed E-state index contributed by atoms with van der Waals surface area (Å²) in [6.07, 6.45) is 11.5. The second kappa shape index (κ2) is 7.73. The maximum atomic E-state index is 13.2. The van der Waals surface area contributed by atoms with Crippen molar-refractivity contribution in [2.75, 3.05) is 11.9 Å². The predicted molar refractivity (Wildman–Crippen MR) is 90.6 cm³/mol. The van der Waals surface area contributed by atoms with Gasteiger partial charge in [0.25, 0.3) is 0 Å². The molecule has 0 saturated heterocycles. The molecule has 0 aliphatic carbocycles. The lowest BCUT2D eigenvalue weighted by molar-refractivity contribution is -0.111. The number of carbonyl (C=O) groups excluding carboxylic acids is 1. The van der Waals surface area contributed by atoms with Gasteiger partial charge in [0.1, 0.15) is 0 Å². The van der Waals surface area contributed by atoms with E-state index in [0.717, 1.165) is 24.3 Å².